The van der Waals surface area contributed by atoms with Crippen LogP contribution in [0.3, 0.4) is 0 Å². The Morgan fingerprint density at radius 1 is 1.18 bits per heavy atom. The highest BCUT2D eigenvalue weighted by molar-refractivity contribution is 5.94. The summed E-state index contributed by atoms with van der Waals surface area (Å²) in [6, 6.07) is 4.85. The minimum Gasteiger partial charge on any atom is -0.353 e. The van der Waals surface area contributed by atoms with Gasteiger partial charge in [-0.05, 0) is 40.1 Å². The van der Waals surface area contributed by atoms with Crippen molar-refractivity contribution in [2.75, 3.05) is 37.4 Å². The highest BCUT2D eigenvalue weighted by Gasteiger charge is 2.41. The first-order valence-corrected chi connectivity index (χ1v) is 10.3. The van der Waals surface area contributed by atoms with Gasteiger partial charge in [-0.1, -0.05) is 12.1 Å². The summed E-state index contributed by atoms with van der Waals surface area (Å²) in [5.74, 6) is -0.448. The third-order valence-corrected chi connectivity index (χ3v) is 6.26. The first kappa shape index (κ1) is 23.1. The summed E-state index contributed by atoms with van der Waals surface area (Å²) in [5.41, 5.74) is 5.03. The molecule has 2 aromatic heterocycles. The zero-order valence-electron chi connectivity index (χ0n) is 18.7. The minimum atomic E-state index is -4.82. The molecule has 3 heterocycles. The van der Waals surface area contributed by atoms with Crippen LogP contribution < -0.4 is 16.0 Å². The molecule has 7 nitrogen and oxygen atoms in total. The number of nitrogens with zero attached hydrogens (tertiary/aromatic N) is 5. The summed E-state index contributed by atoms with van der Waals surface area (Å²) in [7, 11) is 4.06. The van der Waals surface area contributed by atoms with E-state index in [9.17, 15) is 17.6 Å². The Morgan fingerprint density at radius 2 is 1.88 bits per heavy atom. The summed E-state index contributed by atoms with van der Waals surface area (Å²) in [5, 5.41) is 12.4. The molecule has 33 heavy (non-hydrogen) atoms. The van der Waals surface area contributed by atoms with E-state index in [1.54, 1.807) is 13.1 Å². The fourth-order valence-corrected chi connectivity index (χ4v) is 3.90. The second-order valence-electron chi connectivity index (χ2n) is 8.80. The van der Waals surface area contributed by atoms with Gasteiger partial charge >= 0.3 is 6.18 Å². The van der Waals surface area contributed by atoms with Crippen molar-refractivity contribution in [1.82, 2.24) is 20.1 Å². The van der Waals surface area contributed by atoms with Crippen LogP contribution in [0.25, 0.3) is 10.8 Å². The Hall–Kier alpha value is -3.05. The lowest BCUT2D eigenvalue weighted by Gasteiger charge is -2.52. The van der Waals surface area contributed by atoms with Gasteiger partial charge in [0, 0.05) is 35.6 Å². The molecule has 11 heteroatoms. The van der Waals surface area contributed by atoms with Crippen molar-refractivity contribution in [3.8, 4) is 0 Å². The monoisotopic (exact) mass is 463 g/mol. The predicted octanol–water partition coefficient (Wildman–Crippen LogP) is 3.70. The summed E-state index contributed by atoms with van der Waals surface area (Å²) in [6.45, 7) is 5.51. The maximum absolute atomic E-state index is 14.6. The van der Waals surface area contributed by atoms with Gasteiger partial charge in [-0.25, -0.2) is 9.37 Å². The number of halogens is 4. The molecular formula is C22H25F4N7. The fraction of sp³-hybridized carbons (Fsp3) is 0.409. The standard InChI is InChI=1S/C22H25F4N7/c1-12-15-9-28-17(33-10-21(2,11-33)32(3)4)8-14(15)20(31-30-12)29-19(27)13-6-5-7-16(18(13)23)22(24,25)26/h5-9,19H,10-11,27H2,1-4H3,(H,29,31)/t19-/m0/s1. The van der Waals surface area contributed by atoms with Crippen molar-refractivity contribution in [1.29, 1.82) is 0 Å². The van der Waals surface area contributed by atoms with Crippen LogP contribution in [0.4, 0.5) is 29.2 Å². The number of anilines is 2. The predicted molar refractivity (Wildman–Crippen MR) is 118 cm³/mol. The smallest absolute Gasteiger partial charge is 0.353 e. The number of rotatable bonds is 5. The van der Waals surface area contributed by atoms with Crippen LogP contribution in [0, 0.1) is 12.7 Å². The maximum atomic E-state index is 14.6. The van der Waals surface area contributed by atoms with E-state index in [-0.39, 0.29) is 16.9 Å². The van der Waals surface area contributed by atoms with Crippen LogP contribution in [-0.2, 0) is 6.18 Å². The van der Waals surface area contributed by atoms with Crippen molar-refractivity contribution < 1.29 is 17.6 Å². The van der Waals surface area contributed by atoms with E-state index >= 15 is 0 Å². The molecule has 3 N–H and O–H groups in total. The number of nitrogens with two attached hydrogens (primary N) is 1. The van der Waals surface area contributed by atoms with E-state index in [2.05, 4.69) is 37.2 Å². The second-order valence-corrected chi connectivity index (χ2v) is 8.80. The normalized spacial score (nSPS) is 16.7. The third-order valence-electron chi connectivity index (χ3n) is 6.26. The number of nitrogens with one attached hydrogen (secondary N) is 1. The molecule has 1 aliphatic heterocycles. The number of alkyl halides is 3. The molecule has 176 valence electrons. The summed E-state index contributed by atoms with van der Waals surface area (Å²) in [6.07, 6.45) is -4.42. The molecule has 1 fully saturated rings. The second kappa shape index (κ2) is 8.07. The molecule has 0 saturated carbocycles. The van der Waals surface area contributed by atoms with Crippen molar-refractivity contribution in [2.24, 2.45) is 5.73 Å². The van der Waals surface area contributed by atoms with Crippen molar-refractivity contribution >= 4 is 22.4 Å². The lowest BCUT2D eigenvalue weighted by molar-refractivity contribution is -0.140. The average molecular weight is 463 g/mol. The summed E-state index contributed by atoms with van der Waals surface area (Å²) in [4.78, 5) is 8.82. The zero-order chi connectivity index (χ0) is 24.1. The van der Waals surface area contributed by atoms with E-state index in [0.717, 1.165) is 25.0 Å². The largest absolute Gasteiger partial charge is 0.419 e. The van der Waals surface area contributed by atoms with Gasteiger partial charge in [-0.3, -0.25) is 0 Å². The van der Waals surface area contributed by atoms with Crippen LogP contribution in [0.5, 0.6) is 0 Å². The Labute approximate surface area is 188 Å². The molecule has 1 aromatic carbocycles. The summed E-state index contributed by atoms with van der Waals surface area (Å²) < 4.78 is 53.9. The summed E-state index contributed by atoms with van der Waals surface area (Å²) >= 11 is 0. The quantitative estimate of drug-likeness (QED) is 0.441. The molecule has 0 radical (unpaired) electrons. The Bertz CT molecular complexity index is 1190. The molecule has 0 unspecified atom stereocenters. The van der Waals surface area contributed by atoms with E-state index in [1.165, 1.54) is 6.07 Å². The zero-order valence-corrected chi connectivity index (χ0v) is 18.7. The Kier molecular flexibility index (Phi) is 5.65. The van der Waals surface area contributed by atoms with E-state index in [1.807, 2.05) is 20.2 Å². The highest BCUT2D eigenvalue weighted by Crippen LogP contribution is 2.35. The SMILES string of the molecule is Cc1nnc(N[C@H](N)c2cccc(C(F)(F)F)c2F)c2cc(N3CC(C)(N(C)C)C3)ncc12. The number of aryl methyl sites for hydroxylation is 1. The Balaban J connectivity index is 1.67. The first-order valence-electron chi connectivity index (χ1n) is 10.3. The molecular weight excluding hydrogens is 438 g/mol. The molecule has 0 spiro atoms. The number of pyridine rings is 1. The average Bonchev–Trinajstić information content (AvgIpc) is 2.72. The Morgan fingerprint density at radius 3 is 2.52 bits per heavy atom. The molecule has 4 rings (SSSR count). The van der Waals surface area contributed by atoms with Crippen LogP contribution in [0.1, 0.15) is 29.9 Å². The van der Waals surface area contributed by atoms with Gasteiger partial charge < -0.3 is 20.9 Å². The van der Waals surface area contributed by atoms with E-state index in [4.69, 9.17) is 5.73 Å². The minimum absolute atomic E-state index is 0.0352. The molecule has 0 amide bonds. The van der Waals surface area contributed by atoms with Gasteiger partial charge in [0.25, 0.3) is 0 Å². The van der Waals surface area contributed by atoms with Gasteiger partial charge in [-0.2, -0.15) is 18.3 Å². The maximum Gasteiger partial charge on any atom is 0.419 e. The number of likely N-dealkylation sites (N-methyl/N-ethyl adjacent to an activating group) is 1. The van der Waals surface area contributed by atoms with E-state index < -0.39 is 23.7 Å². The number of hydrogen-bond donors (Lipinski definition) is 2. The van der Waals surface area contributed by atoms with Crippen molar-refractivity contribution in [3.63, 3.8) is 0 Å². The van der Waals surface area contributed by atoms with Crippen LogP contribution in [0.15, 0.2) is 30.5 Å². The molecule has 0 bridgehead atoms. The van der Waals surface area contributed by atoms with Gasteiger partial charge in [0.05, 0.1) is 16.8 Å². The van der Waals surface area contributed by atoms with Crippen molar-refractivity contribution in [2.45, 2.75) is 31.7 Å². The lowest BCUT2D eigenvalue weighted by atomic mass is 9.91. The van der Waals surface area contributed by atoms with Crippen LogP contribution >= 0.6 is 0 Å². The van der Waals surface area contributed by atoms with Gasteiger partial charge in [0.1, 0.15) is 17.8 Å². The van der Waals surface area contributed by atoms with Gasteiger partial charge in [0.2, 0.25) is 0 Å². The number of aromatic nitrogens is 3. The lowest BCUT2D eigenvalue weighted by Crippen LogP contribution is -2.67. The topological polar surface area (TPSA) is 83.2 Å². The van der Waals surface area contributed by atoms with Gasteiger partial charge in [0.15, 0.2) is 5.82 Å². The number of fused-ring (bicyclic) bond motifs is 1. The van der Waals surface area contributed by atoms with Crippen LogP contribution in [-0.4, -0.2) is 52.8 Å². The first-order chi connectivity index (χ1) is 15.4. The molecule has 1 aliphatic rings. The third kappa shape index (κ3) is 4.18. The van der Waals surface area contributed by atoms with Gasteiger partial charge in [-0.15, -0.1) is 5.10 Å². The number of benzene rings is 1. The van der Waals surface area contributed by atoms with E-state index in [0.29, 0.717) is 22.5 Å². The van der Waals surface area contributed by atoms with Crippen molar-refractivity contribution in [3.05, 3.63) is 53.1 Å². The molecule has 3 aromatic rings. The molecule has 1 saturated heterocycles. The highest BCUT2D eigenvalue weighted by atomic mass is 19.4. The molecule has 0 aliphatic carbocycles. The molecule has 1 atom stereocenters. The number of hydrogen-bond acceptors (Lipinski definition) is 7. The fourth-order valence-electron chi connectivity index (χ4n) is 3.90. The van der Waals surface area contributed by atoms with Crippen LogP contribution in [0.2, 0.25) is 0 Å².